The van der Waals surface area contributed by atoms with E-state index in [4.69, 9.17) is 0 Å². The fraction of sp³-hybridized carbons (Fsp3) is 0.658. The van der Waals surface area contributed by atoms with Crippen LogP contribution in [0, 0.1) is 0 Å². The summed E-state index contributed by atoms with van der Waals surface area (Å²) >= 11 is 0. The van der Waals surface area contributed by atoms with Crippen molar-refractivity contribution in [2.75, 3.05) is 53.6 Å². The number of rotatable bonds is 15. The third-order valence-corrected chi connectivity index (χ3v) is 7.77. The zero-order valence-electron chi connectivity index (χ0n) is 29.8. The van der Waals surface area contributed by atoms with Gasteiger partial charge in [0.1, 0.15) is 6.54 Å². The van der Waals surface area contributed by atoms with E-state index in [1.807, 2.05) is 6.07 Å². The van der Waals surface area contributed by atoms with Crippen LogP contribution in [-0.2, 0) is 6.54 Å². The predicted molar refractivity (Wildman–Crippen MR) is 192 cm³/mol. The summed E-state index contributed by atoms with van der Waals surface area (Å²) in [5.41, 5.74) is 1.45. The maximum atomic E-state index is 2.40. The molecule has 0 unspecified atom stereocenters. The minimum Gasteiger partial charge on any atom is -0.373 e. The van der Waals surface area contributed by atoms with Crippen molar-refractivity contribution in [2.45, 2.75) is 112 Å². The van der Waals surface area contributed by atoms with Gasteiger partial charge in [-0.05, 0) is 39.0 Å². The van der Waals surface area contributed by atoms with Crippen molar-refractivity contribution in [3.05, 3.63) is 79.3 Å². The Labute approximate surface area is 273 Å². The Hall–Kier alpha value is -2.89. The summed E-state index contributed by atoms with van der Waals surface area (Å²) in [6.45, 7) is 19.0. The summed E-state index contributed by atoms with van der Waals surface area (Å²) in [6.07, 6.45) is 34.3. The van der Waals surface area contributed by atoms with Crippen LogP contribution in [0.15, 0.2) is 79.3 Å². The second-order valence-corrected chi connectivity index (χ2v) is 12.4. The van der Waals surface area contributed by atoms with Crippen molar-refractivity contribution in [3.63, 3.8) is 0 Å². The smallest absolute Gasteiger partial charge is 0.168 e. The molecular formula is C38H69N6+. The summed E-state index contributed by atoms with van der Waals surface area (Å²) < 4.78 is 2.21. The molecule has 0 fully saturated rings. The Morgan fingerprint density at radius 3 is 1.68 bits per heavy atom. The number of allylic oxidation sites excluding steroid dienone is 2. The van der Waals surface area contributed by atoms with Crippen molar-refractivity contribution >= 4 is 0 Å². The van der Waals surface area contributed by atoms with Gasteiger partial charge >= 0.3 is 0 Å². The molecule has 0 aliphatic carbocycles. The van der Waals surface area contributed by atoms with E-state index in [0.29, 0.717) is 0 Å². The average molecular weight is 610 g/mol. The third-order valence-electron chi connectivity index (χ3n) is 7.77. The molecule has 3 aliphatic heterocycles. The van der Waals surface area contributed by atoms with Gasteiger partial charge in [0, 0.05) is 83.6 Å². The molecule has 3 aliphatic rings. The first-order valence-electron chi connectivity index (χ1n) is 17.7. The van der Waals surface area contributed by atoms with E-state index >= 15 is 0 Å². The largest absolute Gasteiger partial charge is 0.373 e. The van der Waals surface area contributed by atoms with Crippen LogP contribution in [0.4, 0.5) is 0 Å². The second kappa shape index (κ2) is 26.5. The Kier molecular flexibility index (Phi) is 23.6. The molecular weight excluding hydrogens is 540 g/mol. The minimum atomic E-state index is 1.05. The molecule has 0 saturated heterocycles. The summed E-state index contributed by atoms with van der Waals surface area (Å²) in [5, 5.41) is 0. The Balaban J connectivity index is 0.000000304. The number of hydrogen-bond acceptors (Lipinski definition) is 5. The number of nitrogens with zero attached hydrogens (tertiary/aromatic N) is 6. The fourth-order valence-corrected chi connectivity index (χ4v) is 5.10. The number of aryl methyl sites for hydroxylation is 1. The van der Waals surface area contributed by atoms with Gasteiger partial charge in [-0.3, -0.25) is 0 Å². The van der Waals surface area contributed by atoms with Gasteiger partial charge in [0.2, 0.25) is 0 Å². The van der Waals surface area contributed by atoms with E-state index in [1.165, 1.54) is 89.3 Å². The average Bonchev–Trinajstić information content (AvgIpc) is 3.66. The predicted octanol–water partition coefficient (Wildman–Crippen LogP) is 8.43. The first-order valence-corrected chi connectivity index (χ1v) is 17.7. The number of hydrogen-bond donors (Lipinski definition) is 0. The number of pyridine rings is 1. The van der Waals surface area contributed by atoms with Gasteiger partial charge in [-0.25, -0.2) is 4.57 Å². The Bertz CT molecular complexity index is 909. The van der Waals surface area contributed by atoms with Crippen LogP contribution in [0.5, 0.6) is 0 Å². The molecule has 1 aromatic heterocycles. The molecule has 0 N–H and O–H groups in total. The van der Waals surface area contributed by atoms with Crippen molar-refractivity contribution < 1.29 is 4.57 Å². The monoisotopic (exact) mass is 610 g/mol. The molecule has 0 spiro atoms. The lowest BCUT2D eigenvalue weighted by molar-refractivity contribution is -0.697. The molecule has 1 aromatic rings. The van der Waals surface area contributed by atoms with E-state index in [1.54, 1.807) is 0 Å². The van der Waals surface area contributed by atoms with Crippen LogP contribution < -0.4 is 4.57 Å². The van der Waals surface area contributed by atoms with E-state index in [2.05, 4.69) is 145 Å². The molecule has 0 saturated carbocycles. The quantitative estimate of drug-likeness (QED) is 0.146. The number of aromatic nitrogens is 1. The summed E-state index contributed by atoms with van der Waals surface area (Å²) in [5.74, 6) is 0. The van der Waals surface area contributed by atoms with Crippen LogP contribution in [0.1, 0.15) is 105 Å². The molecule has 0 aromatic carbocycles. The minimum absolute atomic E-state index is 1.05. The molecule has 0 amide bonds. The SMILES string of the molecule is CCCCCCCCCCN1C=CN(C)C1.CCCC[n+]1ccccc1.CCCN1C=CC=C(C)C1.CCN1C=CN(C)C1. The molecule has 6 heteroatoms. The van der Waals surface area contributed by atoms with Gasteiger partial charge in [0.15, 0.2) is 12.4 Å². The lowest BCUT2D eigenvalue weighted by atomic mass is 10.1. The Morgan fingerprint density at radius 2 is 1.18 bits per heavy atom. The van der Waals surface area contributed by atoms with E-state index in [0.717, 1.165) is 33.0 Å². The summed E-state index contributed by atoms with van der Waals surface area (Å²) in [4.78, 5) is 11.4. The highest BCUT2D eigenvalue weighted by Crippen LogP contribution is 2.11. The maximum absolute atomic E-state index is 2.40. The highest BCUT2D eigenvalue weighted by atomic mass is 15.3. The standard InChI is InChI=1S/C14H28N2.C9H15N.C9H14N.C6H12N2/c1-3-4-5-6-7-8-9-10-11-16-13-12-15(2)14-16;1-3-6-10-7-4-5-9(2)8-10;1-2-3-7-10-8-5-4-6-9-10;1-3-8-5-4-7(2)6-8/h12-13H,3-11,14H2,1-2H3;4-5,7H,3,6,8H2,1-2H3;4-6,8-9H,2-3,7H2,1H3;4-5H,3,6H2,1-2H3/q;;+1;. The van der Waals surface area contributed by atoms with Crippen LogP contribution in [0.2, 0.25) is 0 Å². The molecule has 4 rings (SSSR count). The van der Waals surface area contributed by atoms with Gasteiger partial charge in [0.05, 0.1) is 13.3 Å². The van der Waals surface area contributed by atoms with Crippen molar-refractivity contribution in [1.82, 2.24) is 24.5 Å². The van der Waals surface area contributed by atoms with Gasteiger partial charge < -0.3 is 24.5 Å². The number of unbranched alkanes of at least 4 members (excludes halogenated alkanes) is 8. The van der Waals surface area contributed by atoms with Gasteiger partial charge in [-0.15, -0.1) is 0 Å². The summed E-state index contributed by atoms with van der Waals surface area (Å²) in [6, 6.07) is 6.17. The molecule has 6 nitrogen and oxygen atoms in total. The van der Waals surface area contributed by atoms with E-state index < -0.39 is 0 Å². The summed E-state index contributed by atoms with van der Waals surface area (Å²) in [7, 11) is 4.20. The molecule has 0 atom stereocenters. The van der Waals surface area contributed by atoms with Gasteiger partial charge in [-0.1, -0.05) is 89.9 Å². The maximum Gasteiger partial charge on any atom is 0.168 e. The second-order valence-electron chi connectivity index (χ2n) is 12.4. The Morgan fingerprint density at radius 1 is 0.591 bits per heavy atom. The van der Waals surface area contributed by atoms with Crippen LogP contribution in [0.25, 0.3) is 0 Å². The topological polar surface area (TPSA) is 20.1 Å². The lowest BCUT2D eigenvalue weighted by Crippen LogP contribution is -2.31. The molecule has 0 bridgehead atoms. The van der Waals surface area contributed by atoms with E-state index in [9.17, 15) is 0 Å². The molecule has 250 valence electrons. The van der Waals surface area contributed by atoms with Crippen molar-refractivity contribution in [2.24, 2.45) is 0 Å². The normalized spacial score (nSPS) is 15.0. The third kappa shape index (κ3) is 20.9. The fourth-order valence-electron chi connectivity index (χ4n) is 5.10. The highest BCUT2D eigenvalue weighted by molar-refractivity contribution is 5.16. The zero-order chi connectivity index (χ0) is 32.3. The first kappa shape index (κ1) is 39.1. The molecule has 4 heterocycles. The van der Waals surface area contributed by atoms with Crippen LogP contribution in [-0.4, -0.2) is 78.1 Å². The van der Waals surface area contributed by atoms with Gasteiger partial charge in [0.25, 0.3) is 0 Å². The van der Waals surface area contributed by atoms with Gasteiger partial charge in [-0.2, -0.15) is 0 Å². The van der Waals surface area contributed by atoms with Crippen molar-refractivity contribution in [1.29, 1.82) is 0 Å². The lowest BCUT2D eigenvalue weighted by Gasteiger charge is -2.22. The van der Waals surface area contributed by atoms with Crippen LogP contribution in [0.3, 0.4) is 0 Å². The molecule has 0 radical (unpaired) electrons. The first-order chi connectivity index (χ1) is 21.4. The zero-order valence-corrected chi connectivity index (χ0v) is 29.8. The van der Waals surface area contributed by atoms with E-state index in [-0.39, 0.29) is 0 Å². The van der Waals surface area contributed by atoms with Crippen LogP contribution >= 0.6 is 0 Å². The molecule has 44 heavy (non-hydrogen) atoms. The van der Waals surface area contributed by atoms with Crippen molar-refractivity contribution in [3.8, 4) is 0 Å². The highest BCUT2D eigenvalue weighted by Gasteiger charge is 2.07.